The number of hydrogen-bond acceptors (Lipinski definition) is 3. The molecule has 0 bridgehead atoms. The highest BCUT2D eigenvalue weighted by atomic mass is 35.5. The van der Waals surface area contributed by atoms with E-state index < -0.39 is 0 Å². The van der Waals surface area contributed by atoms with E-state index in [0.29, 0.717) is 13.1 Å². The van der Waals surface area contributed by atoms with Gasteiger partial charge in [0.1, 0.15) is 5.75 Å². The molecule has 1 saturated heterocycles. The molecular weight excluding hydrogens is 336 g/mol. The lowest BCUT2D eigenvalue weighted by Crippen LogP contribution is -2.36. The Labute approximate surface area is 153 Å². The monoisotopic (exact) mass is 358 g/mol. The summed E-state index contributed by atoms with van der Waals surface area (Å²) in [6, 6.07) is 15.8. The third-order valence-electron chi connectivity index (χ3n) is 4.64. The van der Waals surface area contributed by atoms with Gasteiger partial charge in [-0.2, -0.15) is 0 Å². The minimum Gasteiger partial charge on any atom is -0.496 e. The number of benzene rings is 2. The first-order valence-corrected chi connectivity index (χ1v) is 8.94. The second kappa shape index (κ2) is 8.37. The first kappa shape index (κ1) is 17.8. The van der Waals surface area contributed by atoms with Gasteiger partial charge in [-0.3, -0.25) is 9.69 Å². The van der Waals surface area contributed by atoms with Crippen LogP contribution in [-0.2, 0) is 11.3 Å². The predicted molar refractivity (Wildman–Crippen MR) is 99.8 cm³/mol. The molecule has 0 spiro atoms. The Bertz CT molecular complexity index is 735. The Morgan fingerprint density at radius 1 is 1.24 bits per heavy atom. The minimum absolute atomic E-state index is 0.0184. The topological polar surface area (TPSA) is 41.6 Å². The fourth-order valence-electron chi connectivity index (χ4n) is 3.40. The van der Waals surface area contributed by atoms with Crippen molar-refractivity contribution < 1.29 is 9.53 Å². The van der Waals surface area contributed by atoms with Crippen molar-refractivity contribution in [3.8, 4) is 5.75 Å². The summed E-state index contributed by atoms with van der Waals surface area (Å²) >= 11 is 6.34. The van der Waals surface area contributed by atoms with Gasteiger partial charge in [-0.25, -0.2) is 0 Å². The van der Waals surface area contributed by atoms with E-state index in [2.05, 4.69) is 16.3 Å². The van der Waals surface area contributed by atoms with Crippen molar-refractivity contribution in [2.24, 2.45) is 0 Å². The number of likely N-dealkylation sites (tertiary alicyclic amines) is 1. The van der Waals surface area contributed by atoms with Gasteiger partial charge in [0.15, 0.2) is 0 Å². The van der Waals surface area contributed by atoms with E-state index in [4.69, 9.17) is 16.3 Å². The number of carbonyl (C=O) groups is 1. The molecule has 132 valence electrons. The van der Waals surface area contributed by atoms with Crippen LogP contribution in [0.25, 0.3) is 0 Å². The number of hydrogen-bond donors (Lipinski definition) is 1. The van der Waals surface area contributed by atoms with Crippen LogP contribution in [0.2, 0.25) is 5.02 Å². The molecule has 25 heavy (non-hydrogen) atoms. The van der Waals surface area contributed by atoms with Gasteiger partial charge in [0, 0.05) is 23.2 Å². The average Bonchev–Trinajstić information content (AvgIpc) is 3.08. The van der Waals surface area contributed by atoms with Crippen molar-refractivity contribution in [2.75, 3.05) is 20.2 Å². The molecule has 0 aliphatic carbocycles. The molecule has 0 saturated carbocycles. The zero-order chi connectivity index (χ0) is 17.6. The van der Waals surface area contributed by atoms with Crippen LogP contribution in [-0.4, -0.2) is 31.0 Å². The molecule has 1 aliphatic heterocycles. The van der Waals surface area contributed by atoms with Crippen LogP contribution >= 0.6 is 11.6 Å². The molecule has 0 radical (unpaired) electrons. The number of ether oxygens (including phenoxy) is 1. The standard InChI is InChI=1S/C20H23ClN2O2/c1-25-19-11-5-2-7-15(19)13-22-20(24)14-23-12-6-10-18(23)16-8-3-4-9-17(16)21/h2-5,7-9,11,18H,6,10,12-14H2,1H3,(H,22,24). The maximum atomic E-state index is 12.4. The zero-order valence-corrected chi connectivity index (χ0v) is 15.1. The van der Waals surface area contributed by atoms with E-state index >= 15 is 0 Å². The van der Waals surface area contributed by atoms with Crippen molar-refractivity contribution in [3.05, 3.63) is 64.7 Å². The summed E-state index contributed by atoms with van der Waals surface area (Å²) in [6.45, 7) is 1.76. The van der Waals surface area contributed by atoms with E-state index in [1.54, 1.807) is 7.11 Å². The summed E-state index contributed by atoms with van der Waals surface area (Å²) in [5, 5.41) is 3.77. The van der Waals surface area contributed by atoms with Crippen LogP contribution in [0.5, 0.6) is 5.75 Å². The molecule has 5 heteroatoms. The maximum absolute atomic E-state index is 12.4. The molecule has 2 aromatic rings. The van der Waals surface area contributed by atoms with Crippen LogP contribution in [0, 0.1) is 0 Å². The largest absolute Gasteiger partial charge is 0.496 e. The second-order valence-electron chi connectivity index (χ2n) is 6.24. The lowest BCUT2D eigenvalue weighted by Gasteiger charge is -2.25. The molecule has 1 unspecified atom stereocenters. The highest BCUT2D eigenvalue weighted by molar-refractivity contribution is 6.31. The van der Waals surface area contributed by atoms with E-state index in [0.717, 1.165) is 41.3 Å². The third kappa shape index (κ3) is 4.33. The van der Waals surface area contributed by atoms with E-state index in [9.17, 15) is 4.79 Å². The number of halogens is 1. The first-order chi connectivity index (χ1) is 12.2. The predicted octanol–water partition coefficient (Wildman–Crippen LogP) is 3.80. The fourth-order valence-corrected chi connectivity index (χ4v) is 3.66. The Morgan fingerprint density at radius 3 is 2.80 bits per heavy atom. The van der Waals surface area contributed by atoms with Crippen molar-refractivity contribution in [2.45, 2.75) is 25.4 Å². The lowest BCUT2D eigenvalue weighted by molar-refractivity contribution is -0.122. The second-order valence-corrected chi connectivity index (χ2v) is 6.65. The van der Waals surface area contributed by atoms with E-state index in [-0.39, 0.29) is 11.9 Å². The number of para-hydroxylation sites is 1. The van der Waals surface area contributed by atoms with Gasteiger partial charge >= 0.3 is 0 Å². The number of amides is 1. The van der Waals surface area contributed by atoms with E-state index in [1.165, 1.54) is 0 Å². The molecular formula is C20H23ClN2O2. The summed E-state index contributed by atoms with van der Waals surface area (Å²) < 4.78 is 5.32. The van der Waals surface area contributed by atoms with Crippen LogP contribution in [0.4, 0.5) is 0 Å². The highest BCUT2D eigenvalue weighted by Crippen LogP contribution is 2.35. The number of rotatable bonds is 6. The van der Waals surface area contributed by atoms with Gasteiger partial charge in [-0.05, 0) is 37.1 Å². The summed E-state index contributed by atoms with van der Waals surface area (Å²) in [5.74, 6) is 0.808. The zero-order valence-electron chi connectivity index (χ0n) is 14.4. The normalized spacial score (nSPS) is 17.4. The Morgan fingerprint density at radius 2 is 2.00 bits per heavy atom. The summed E-state index contributed by atoms with van der Waals surface area (Å²) in [4.78, 5) is 14.6. The van der Waals surface area contributed by atoms with Crippen LogP contribution in [0.1, 0.15) is 30.0 Å². The molecule has 3 rings (SSSR count). The molecule has 1 fully saturated rings. The number of nitrogens with zero attached hydrogens (tertiary/aromatic N) is 1. The highest BCUT2D eigenvalue weighted by Gasteiger charge is 2.28. The molecule has 1 N–H and O–H groups in total. The number of methoxy groups -OCH3 is 1. The SMILES string of the molecule is COc1ccccc1CNC(=O)CN1CCCC1c1ccccc1Cl. The third-order valence-corrected chi connectivity index (χ3v) is 4.99. The minimum atomic E-state index is 0.0184. The van der Waals surface area contributed by atoms with Gasteiger partial charge in [0.2, 0.25) is 5.91 Å². The van der Waals surface area contributed by atoms with Gasteiger partial charge in [-0.15, -0.1) is 0 Å². The van der Waals surface area contributed by atoms with Gasteiger partial charge < -0.3 is 10.1 Å². The smallest absolute Gasteiger partial charge is 0.234 e. The Kier molecular flexibility index (Phi) is 5.95. The van der Waals surface area contributed by atoms with Crippen molar-refractivity contribution >= 4 is 17.5 Å². The fraction of sp³-hybridized carbons (Fsp3) is 0.350. The molecule has 1 heterocycles. The summed E-state index contributed by atoms with van der Waals surface area (Å²) in [6.07, 6.45) is 2.11. The molecule has 0 aromatic heterocycles. The van der Waals surface area contributed by atoms with Crippen LogP contribution < -0.4 is 10.1 Å². The van der Waals surface area contributed by atoms with Crippen molar-refractivity contribution in [3.63, 3.8) is 0 Å². The summed E-state index contributed by atoms with van der Waals surface area (Å²) in [5.41, 5.74) is 2.08. The number of nitrogens with one attached hydrogen (secondary N) is 1. The Hall–Kier alpha value is -2.04. The average molecular weight is 359 g/mol. The first-order valence-electron chi connectivity index (χ1n) is 8.56. The molecule has 4 nitrogen and oxygen atoms in total. The molecule has 1 atom stereocenters. The lowest BCUT2D eigenvalue weighted by atomic mass is 10.0. The van der Waals surface area contributed by atoms with Gasteiger partial charge in [0.25, 0.3) is 0 Å². The number of carbonyl (C=O) groups excluding carboxylic acids is 1. The molecule has 1 amide bonds. The van der Waals surface area contributed by atoms with Gasteiger partial charge in [0.05, 0.1) is 13.7 Å². The quantitative estimate of drug-likeness (QED) is 0.853. The van der Waals surface area contributed by atoms with Crippen LogP contribution in [0.3, 0.4) is 0 Å². The van der Waals surface area contributed by atoms with Crippen molar-refractivity contribution in [1.82, 2.24) is 10.2 Å². The Balaban J connectivity index is 1.60. The van der Waals surface area contributed by atoms with Crippen molar-refractivity contribution in [1.29, 1.82) is 0 Å². The molecule has 2 aromatic carbocycles. The van der Waals surface area contributed by atoms with E-state index in [1.807, 2.05) is 42.5 Å². The molecule has 1 aliphatic rings. The van der Waals surface area contributed by atoms with Crippen LogP contribution in [0.15, 0.2) is 48.5 Å². The van der Waals surface area contributed by atoms with Gasteiger partial charge in [-0.1, -0.05) is 48.0 Å². The maximum Gasteiger partial charge on any atom is 0.234 e. The summed E-state index contributed by atoms with van der Waals surface area (Å²) in [7, 11) is 1.64.